The van der Waals surface area contributed by atoms with Gasteiger partial charge in [0.05, 0.1) is 11.9 Å². The van der Waals surface area contributed by atoms with Crippen molar-refractivity contribution in [3.63, 3.8) is 0 Å². The number of hydrogen-bond donors (Lipinski definition) is 2. The Morgan fingerprint density at radius 3 is 2.67 bits per heavy atom. The van der Waals surface area contributed by atoms with Crippen molar-refractivity contribution in [2.45, 2.75) is 17.5 Å². The maximum absolute atomic E-state index is 10.6. The van der Waals surface area contributed by atoms with Gasteiger partial charge in [0, 0.05) is 0 Å². The van der Waals surface area contributed by atoms with E-state index in [2.05, 4.69) is 10.6 Å². The van der Waals surface area contributed by atoms with E-state index in [4.69, 9.17) is 23.2 Å². The summed E-state index contributed by atoms with van der Waals surface area (Å²) in [6.45, 7) is 0. The average Bonchev–Trinajstić information content (AvgIpc) is 1.59. The largest absolute Gasteiger partial charge is 0.328 e. The Morgan fingerprint density at radius 1 is 1.56 bits per heavy atom. The number of carbonyl (C=O) groups is 1. The molecule has 1 aliphatic rings. The van der Waals surface area contributed by atoms with Gasteiger partial charge >= 0.3 is 0 Å². The van der Waals surface area contributed by atoms with Crippen LogP contribution >= 0.6 is 23.2 Å². The zero-order valence-corrected chi connectivity index (χ0v) is 6.04. The van der Waals surface area contributed by atoms with E-state index < -0.39 is 5.62 Å². The minimum Gasteiger partial charge on any atom is -0.328 e. The predicted octanol–water partition coefficient (Wildman–Crippen LogP) is 0.183. The molecular weight excluding hydrogens is 163 g/mol. The summed E-state index contributed by atoms with van der Waals surface area (Å²) in [5.41, 5.74) is -0.852. The zero-order chi connectivity index (χ0) is 6.85. The quantitative estimate of drug-likeness (QED) is 0.401. The topological polar surface area (TPSA) is 41.1 Å². The highest BCUT2D eigenvalue weighted by Gasteiger charge is 2.21. The molecule has 3 nitrogen and oxygen atoms in total. The lowest BCUT2D eigenvalue weighted by Gasteiger charge is -2.22. The van der Waals surface area contributed by atoms with Gasteiger partial charge in [0.1, 0.15) is 0 Å². The molecule has 0 aromatic rings. The molecule has 1 amide bonds. The summed E-state index contributed by atoms with van der Waals surface area (Å²) in [7, 11) is 0. The first kappa shape index (κ1) is 7.12. The van der Waals surface area contributed by atoms with Gasteiger partial charge in [0.2, 0.25) is 5.91 Å². The molecule has 1 aliphatic heterocycles. The molecule has 9 heavy (non-hydrogen) atoms. The molecule has 52 valence electrons. The molecule has 0 aliphatic carbocycles. The number of alkyl halides is 2. The molecule has 0 saturated carbocycles. The molecule has 1 heterocycles. The molecule has 2 atom stereocenters. The summed E-state index contributed by atoms with van der Waals surface area (Å²) in [4.78, 5) is 10.6. The fraction of sp³-hybridized carbons (Fsp3) is 0.750. The minimum absolute atomic E-state index is 0.117. The molecule has 1 fully saturated rings. The first-order valence-electron chi connectivity index (χ1n) is 2.52. The predicted molar refractivity (Wildman–Crippen MR) is 35.2 cm³/mol. The molecule has 1 rings (SSSR count). The number of carbonyl (C=O) groups excluding carboxylic acids is 1. The van der Waals surface area contributed by atoms with Crippen molar-refractivity contribution < 1.29 is 4.79 Å². The second kappa shape index (κ2) is 2.73. The van der Waals surface area contributed by atoms with E-state index in [0.717, 1.165) is 0 Å². The van der Waals surface area contributed by atoms with Gasteiger partial charge in [-0.2, -0.15) is 0 Å². The molecule has 2 unspecified atom stereocenters. The van der Waals surface area contributed by atoms with Crippen molar-refractivity contribution in [3.8, 4) is 0 Å². The molecule has 0 aromatic heterocycles. The first-order chi connectivity index (χ1) is 4.18. The minimum atomic E-state index is -0.520. The standard InChI is InChI=1S/C4H6Cl2N2O/c5-2-1-3(9)8-4(6)7-2/h2,4,7H,1H2,(H,8,9). The second-order valence-electron chi connectivity index (χ2n) is 1.77. The van der Waals surface area contributed by atoms with Crippen molar-refractivity contribution in [1.82, 2.24) is 10.6 Å². The van der Waals surface area contributed by atoms with E-state index in [1.54, 1.807) is 0 Å². The van der Waals surface area contributed by atoms with Crippen molar-refractivity contribution in [2.75, 3.05) is 0 Å². The van der Waals surface area contributed by atoms with E-state index in [-0.39, 0.29) is 17.8 Å². The Labute approximate surface area is 62.7 Å². The second-order valence-corrected chi connectivity index (χ2v) is 2.73. The fourth-order valence-electron chi connectivity index (χ4n) is 0.622. The van der Waals surface area contributed by atoms with Crippen molar-refractivity contribution in [3.05, 3.63) is 0 Å². The number of amides is 1. The Morgan fingerprint density at radius 2 is 2.22 bits per heavy atom. The summed E-state index contributed by atoms with van der Waals surface area (Å²) in [6, 6.07) is 0. The van der Waals surface area contributed by atoms with E-state index in [9.17, 15) is 4.79 Å². The SMILES string of the molecule is O=C1CC(Cl)NC(Cl)N1. The lowest BCUT2D eigenvalue weighted by molar-refractivity contribution is -0.122. The highest BCUT2D eigenvalue weighted by Crippen LogP contribution is 2.05. The Balaban J connectivity index is 2.43. The number of nitrogens with one attached hydrogen (secondary N) is 2. The first-order valence-corrected chi connectivity index (χ1v) is 3.39. The number of halogens is 2. The smallest absolute Gasteiger partial charge is 0.224 e. The third-order valence-electron chi connectivity index (χ3n) is 0.979. The molecule has 1 saturated heterocycles. The van der Waals surface area contributed by atoms with Crippen LogP contribution in [0.5, 0.6) is 0 Å². The molecule has 2 N–H and O–H groups in total. The van der Waals surface area contributed by atoms with Crippen LogP contribution in [0.1, 0.15) is 6.42 Å². The zero-order valence-electron chi connectivity index (χ0n) is 4.53. The highest BCUT2D eigenvalue weighted by molar-refractivity contribution is 6.25. The third-order valence-corrected chi connectivity index (χ3v) is 1.49. The monoisotopic (exact) mass is 168 g/mol. The van der Waals surface area contributed by atoms with Crippen LogP contribution in [-0.4, -0.2) is 17.0 Å². The van der Waals surface area contributed by atoms with Crippen LogP contribution in [0.4, 0.5) is 0 Å². The van der Waals surface area contributed by atoms with E-state index in [0.29, 0.717) is 0 Å². The van der Waals surface area contributed by atoms with E-state index in [1.807, 2.05) is 0 Å². The molecule has 0 spiro atoms. The van der Waals surface area contributed by atoms with Gasteiger partial charge in [-0.15, -0.1) is 11.6 Å². The number of rotatable bonds is 0. The third kappa shape index (κ3) is 2.01. The number of hydrogen-bond acceptors (Lipinski definition) is 2. The van der Waals surface area contributed by atoms with Gasteiger partial charge < -0.3 is 5.32 Å². The molecule has 0 bridgehead atoms. The van der Waals surface area contributed by atoms with E-state index in [1.165, 1.54) is 0 Å². The van der Waals surface area contributed by atoms with Gasteiger partial charge in [-0.25, -0.2) is 0 Å². The van der Waals surface area contributed by atoms with Gasteiger partial charge in [-0.05, 0) is 0 Å². The maximum atomic E-state index is 10.6. The van der Waals surface area contributed by atoms with Gasteiger partial charge in [-0.3, -0.25) is 10.1 Å². The van der Waals surface area contributed by atoms with Crippen LogP contribution in [0.25, 0.3) is 0 Å². The lowest BCUT2D eigenvalue weighted by Crippen LogP contribution is -2.51. The van der Waals surface area contributed by atoms with E-state index >= 15 is 0 Å². The van der Waals surface area contributed by atoms with Crippen molar-refractivity contribution >= 4 is 29.1 Å². The van der Waals surface area contributed by atoms with Crippen LogP contribution in [0.3, 0.4) is 0 Å². The lowest BCUT2D eigenvalue weighted by atomic mass is 10.3. The summed E-state index contributed by atoms with van der Waals surface area (Å²) in [5, 5.41) is 5.15. The van der Waals surface area contributed by atoms with Crippen molar-refractivity contribution in [1.29, 1.82) is 0 Å². The molecule has 0 radical (unpaired) electrons. The molecule has 5 heteroatoms. The molecule has 0 aromatic carbocycles. The van der Waals surface area contributed by atoms with Gasteiger partial charge in [-0.1, -0.05) is 11.6 Å². The fourth-order valence-corrected chi connectivity index (χ4v) is 1.23. The molecular formula is C4H6Cl2N2O. The van der Waals surface area contributed by atoms with Crippen LogP contribution < -0.4 is 10.6 Å². The van der Waals surface area contributed by atoms with Gasteiger partial charge in [0.25, 0.3) is 0 Å². The van der Waals surface area contributed by atoms with Crippen LogP contribution in [0, 0.1) is 0 Å². The Hall–Kier alpha value is 0.01000. The maximum Gasteiger partial charge on any atom is 0.224 e. The summed E-state index contributed by atoms with van der Waals surface area (Å²) < 4.78 is 0. The highest BCUT2D eigenvalue weighted by atomic mass is 35.5. The average molecular weight is 169 g/mol. The normalized spacial score (nSPS) is 36.0. The van der Waals surface area contributed by atoms with Crippen LogP contribution in [0.15, 0.2) is 0 Å². The van der Waals surface area contributed by atoms with Gasteiger partial charge in [0.15, 0.2) is 5.62 Å². The summed E-state index contributed by atoms with van der Waals surface area (Å²) >= 11 is 11.0. The van der Waals surface area contributed by atoms with Crippen molar-refractivity contribution in [2.24, 2.45) is 0 Å². The summed E-state index contributed by atoms with van der Waals surface area (Å²) in [5.74, 6) is -0.117. The van der Waals surface area contributed by atoms with Crippen LogP contribution in [-0.2, 0) is 4.79 Å². The Bertz CT molecular complexity index is 118. The van der Waals surface area contributed by atoms with Crippen LogP contribution in [0.2, 0.25) is 0 Å². The Kier molecular flexibility index (Phi) is 2.16. The summed E-state index contributed by atoms with van der Waals surface area (Å²) in [6.07, 6.45) is 0.283.